The predicted octanol–water partition coefficient (Wildman–Crippen LogP) is 0.151. The van der Waals surface area contributed by atoms with Crippen molar-refractivity contribution in [1.29, 1.82) is 0 Å². The zero-order chi connectivity index (χ0) is 27.5. The minimum atomic E-state index is -0.382. The Bertz CT molecular complexity index is 1070. The van der Waals surface area contributed by atoms with Gasteiger partial charge in [0.05, 0.1) is 25.7 Å². The van der Waals surface area contributed by atoms with Gasteiger partial charge in [0.25, 0.3) is 11.8 Å². The summed E-state index contributed by atoms with van der Waals surface area (Å²) in [5.74, 6) is 0.169. The molecule has 7 N–H and O–H groups in total. The minimum Gasteiger partial charge on any atom is -0.484 e. The van der Waals surface area contributed by atoms with Crippen LogP contribution in [-0.4, -0.2) is 86.2 Å². The summed E-state index contributed by atoms with van der Waals surface area (Å²) in [6, 6.07) is 7.94. The van der Waals surface area contributed by atoms with Gasteiger partial charge in [-0.2, -0.15) is 0 Å². The number of nitrogens with one attached hydrogen (secondary N) is 3. The highest BCUT2D eigenvalue weighted by Gasteiger charge is 2.26. The molecule has 0 bridgehead atoms. The van der Waals surface area contributed by atoms with Crippen molar-refractivity contribution in [2.24, 2.45) is 0 Å². The molecule has 1 aromatic carbocycles. The van der Waals surface area contributed by atoms with Gasteiger partial charge in [-0.25, -0.2) is 9.97 Å². The lowest BCUT2D eigenvalue weighted by Gasteiger charge is -2.30. The van der Waals surface area contributed by atoms with E-state index in [1.54, 1.807) is 0 Å². The number of amides is 2. The van der Waals surface area contributed by atoms with Gasteiger partial charge in [0.2, 0.25) is 0 Å². The molecular formula is C26H40ClN8O3+. The van der Waals surface area contributed by atoms with Crippen LogP contribution in [0.4, 0.5) is 11.6 Å². The van der Waals surface area contributed by atoms with E-state index < -0.39 is 0 Å². The van der Waals surface area contributed by atoms with Gasteiger partial charge in [-0.3, -0.25) is 9.59 Å². The summed E-state index contributed by atoms with van der Waals surface area (Å²) >= 11 is 5.91. The molecule has 2 heterocycles. The van der Waals surface area contributed by atoms with Crippen molar-refractivity contribution >= 4 is 35.1 Å². The summed E-state index contributed by atoms with van der Waals surface area (Å²) in [5.41, 5.74) is 12.6. The smallest absolute Gasteiger partial charge is 0.274 e. The Hall–Kier alpha value is -3.15. The maximum absolute atomic E-state index is 12.7. The first-order chi connectivity index (χ1) is 18.2. The number of ether oxygens (including phenoxy) is 1. The number of nitrogen functional groups attached to an aromatic ring is 2. The van der Waals surface area contributed by atoms with Crippen LogP contribution in [0.5, 0.6) is 5.75 Å². The van der Waals surface area contributed by atoms with Crippen LogP contribution in [-0.2, 0) is 11.2 Å². The largest absolute Gasteiger partial charge is 0.484 e. The van der Waals surface area contributed by atoms with Gasteiger partial charge in [-0.1, -0.05) is 23.7 Å². The number of aromatic nitrogens is 2. The molecule has 2 unspecified atom stereocenters. The number of aryl methyl sites for hydroxylation is 1. The van der Waals surface area contributed by atoms with Crippen molar-refractivity contribution in [2.75, 3.05) is 64.9 Å². The highest BCUT2D eigenvalue weighted by molar-refractivity contribution is 6.31. The van der Waals surface area contributed by atoms with E-state index in [2.05, 4.69) is 25.5 Å². The number of carbonyl (C=O) groups excluding carboxylic acids is 2. The number of hydrogen-bond acceptors (Lipinski definition) is 8. The summed E-state index contributed by atoms with van der Waals surface area (Å²) in [4.78, 5) is 36.0. The number of nitrogens with zero attached hydrogens (tertiary/aromatic N) is 3. The fraction of sp³-hybridized carbons (Fsp3) is 0.538. The second-order valence-electron chi connectivity index (χ2n) is 9.94. The molecule has 208 valence electrons. The molecule has 2 aromatic rings. The van der Waals surface area contributed by atoms with Crippen molar-refractivity contribution in [2.45, 2.75) is 38.1 Å². The van der Waals surface area contributed by atoms with E-state index in [1.165, 1.54) is 10.5 Å². The van der Waals surface area contributed by atoms with Crippen LogP contribution in [0.25, 0.3) is 0 Å². The van der Waals surface area contributed by atoms with Crippen molar-refractivity contribution < 1.29 is 19.2 Å². The molecule has 1 saturated heterocycles. The van der Waals surface area contributed by atoms with E-state index in [-0.39, 0.29) is 46.9 Å². The third kappa shape index (κ3) is 9.62. The Morgan fingerprint density at radius 1 is 1.16 bits per heavy atom. The molecule has 38 heavy (non-hydrogen) atoms. The van der Waals surface area contributed by atoms with Gasteiger partial charge in [0, 0.05) is 13.0 Å². The lowest BCUT2D eigenvalue weighted by molar-refractivity contribution is -0.906. The van der Waals surface area contributed by atoms with Crippen molar-refractivity contribution in [3.63, 3.8) is 0 Å². The lowest BCUT2D eigenvalue weighted by atomic mass is 10.0. The maximum atomic E-state index is 12.7. The van der Waals surface area contributed by atoms with Gasteiger partial charge in [0.1, 0.15) is 5.75 Å². The number of quaternary nitrogens is 1. The predicted molar refractivity (Wildman–Crippen MR) is 148 cm³/mol. The molecule has 2 atom stereocenters. The highest BCUT2D eigenvalue weighted by atomic mass is 35.5. The number of likely N-dealkylation sites (tertiary alicyclic amines) is 1. The second kappa shape index (κ2) is 14.7. The van der Waals surface area contributed by atoms with Gasteiger partial charge >= 0.3 is 0 Å². The molecule has 0 saturated carbocycles. The van der Waals surface area contributed by atoms with Gasteiger partial charge in [0.15, 0.2) is 29.1 Å². The van der Waals surface area contributed by atoms with E-state index in [9.17, 15) is 9.59 Å². The van der Waals surface area contributed by atoms with Crippen molar-refractivity contribution in [3.05, 3.63) is 40.7 Å². The first-order valence-electron chi connectivity index (χ1n) is 13.1. The third-order valence-corrected chi connectivity index (χ3v) is 6.74. The highest BCUT2D eigenvalue weighted by Crippen LogP contribution is 2.17. The Balaban J connectivity index is 1.35. The summed E-state index contributed by atoms with van der Waals surface area (Å²) in [6.45, 7) is 4.52. The fourth-order valence-electron chi connectivity index (χ4n) is 4.48. The average Bonchev–Trinajstić information content (AvgIpc) is 2.88. The Morgan fingerprint density at radius 2 is 1.92 bits per heavy atom. The Labute approximate surface area is 229 Å². The molecule has 1 aliphatic rings. The molecule has 11 nitrogen and oxygen atoms in total. The van der Waals surface area contributed by atoms with Crippen LogP contribution in [0.1, 0.15) is 41.7 Å². The number of nitrogens with two attached hydrogens (primary N) is 2. The number of benzene rings is 1. The maximum Gasteiger partial charge on any atom is 0.274 e. The number of anilines is 2. The monoisotopic (exact) mass is 547 g/mol. The zero-order valence-electron chi connectivity index (χ0n) is 22.3. The van der Waals surface area contributed by atoms with E-state index in [1.807, 2.05) is 38.4 Å². The molecule has 1 fully saturated rings. The van der Waals surface area contributed by atoms with Gasteiger partial charge < -0.3 is 36.6 Å². The molecular weight excluding hydrogens is 508 g/mol. The van der Waals surface area contributed by atoms with E-state index in [0.29, 0.717) is 12.3 Å². The first kappa shape index (κ1) is 29.4. The van der Waals surface area contributed by atoms with Crippen LogP contribution < -0.4 is 31.7 Å². The number of carbonyl (C=O) groups is 2. The topological polar surface area (TPSA) is 153 Å². The molecule has 1 aromatic heterocycles. The molecule has 0 radical (unpaired) electrons. The number of piperidine rings is 1. The molecule has 12 heteroatoms. The Morgan fingerprint density at radius 3 is 2.66 bits per heavy atom. The normalized spacial score (nSPS) is 17.3. The third-order valence-electron chi connectivity index (χ3n) is 6.47. The van der Waals surface area contributed by atoms with Gasteiger partial charge in [-0.15, -0.1) is 0 Å². The average molecular weight is 548 g/mol. The number of hydrogen-bond donors (Lipinski definition) is 5. The van der Waals surface area contributed by atoms with Crippen molar-refractivity contribution in [3.8, 4) is 5.75 Å². The Kier molecular flexibility index (Phi) is 11.4. The van der Waals surface area contributed by atoms with Crippen LogP contribution >= 0.6 is 11.6 Å². The number of rotatable bonds is 13. The number of halogens is 1. The molecule has 1 aliphatic heterocycles. The van der Waals surface area contributed by atoms with E-state index in [0.717, 1.165) is 58.3 Å². The zero-order valence-corrected chi connectivity index (χ0v) is 23.0. The molecule has 0 spiro atoms. The lowest BCUT2D eigenvalue weighted by Crippen LogP contribution is -3.14. The summed E-state index contributed by atoms with van der Waals surface area (Å²) in [7, 11) is 4.02. The fourth-order valence-corrected chi connectivity index (χ4v) is 4.61. The summed E-state index contributed by atoms with van der Waals surface area (Å²) in [6.07, 6.45) is 4.81. The molecule has 3 rings (SSSR count). The van der Waals surface area contributed by atoms with Gasteiger partial charge in [-0.05, 0) is 64.0 Å². The summed E-state index contributed by atoms with van der Waals surface area (Å²) < 4.78 is 5.60. The molecule has 2 amide bonds. The first-order valence-corrected chi connectivity index (χ1v) is 13.4. The quantitative estimate of drug-likeness (QED) is 0.222. The molecule has 0 aliphatic carbocycles. The minimum absolute atomic E-state index is 0.00406. The summed E-state index contributed by atoms with van der Waals surface area (Å²) in [5, 5.41) is 5.86. The van der Waals surface area contributed by atoms with Crippen LogP contribution in [0.15, 0.2) is 24.3 Å². The SMILES string of the molecule is CN(C)CCCNC(=O)COc1ccc(CCC[NH+]2CCCC(NC(=O)c3nc(Cl)c(N)nc3N)C2)cc1. The van der Waals surface area contributed by atoms with E-state index in [4.69, 9.17) is 27.8 Å². The van der Waals surface area contributed by atoms with Crippen molar-refractivity contribution in [1.82, 2.24) is 25.5 Å². The van der Waals surface area contributed by atoms with E-state index >= 15 is 0 Å². The standard InChI is InChI=1S/C26H39ClN8O3/c1-34(2)13-5-12-30-21(36)17-38-20-10-8-18(9-11-20)6-3-14-35-15-4-7-19(16-35)31-26(37)22-24(28)33-25(29)23(27)32-22/h8-11,19H,3-7,12-17H2,1-2H3,(H,30,36)(H,31,37)(H4,28,29,33)/p+1. The van der Waals surface area contributed by atoms with Crippen LogP contribution in [0.3, 0.4) is 0 Å². The second-order valence-corrected chi connectivity index (χ2v) is 10.3. The van der Waals surface area contributed by atoms with Crippen LogP contribution in [0, 0.1) is 0 Å². The van der Waals surface area contributed by atoms with Crippen LogP contribution in [0.2, 0.25) is 5.15 Å².